The van der Waals surface area contributed by atoms with Gasteiger partial charge in [-0.3, -0.25) is 9.88 Å². The first-order valence-corrected chi connectivity index (χ1v) is 8.86. The summed E-state index contributed by atoms with van der Waals surface area (Å²) in [6.45, 7) is 1.98. The van der Waals surface area contributed by atoms with E-state index in [1.807, 2.05) is 0 Å². The summed E-state index contributed by atoms with van der Waals surface area (Å²) in [7, 11) is 0. The first kappa shape index (κ1) is 19.9. The van der Waals surface area contributed by atoms with Crippen molar-refractivity contribution in [3.05, 3.63) is 12.7 Å². The van der Waals surface area contributed by atoms with E-state index in [-0.39, 0.29) is 17.0 Å². The molecule has 0 bridgehead atoms. The number of aliphatic hydroxyl groups is 5. The van der Waals surface area contributed by atoms with Crippen LogP contribution in [-0.2, 0) is 15.3 Å². The average molecular weight is 412 g/mol. The smallest absolute Gasteiger partial charge is 0.346 e. The molecule has 0 aliphatic carbocycles. The van der Waals surface area contributed by atoms with Crippen LogP contribution in [0.4, 0.5) is 5.82 Å². The van der Waals surface area contributed by atoms with Crippen molar-refractivity contribution in [2.24, 2.45) is 0 Å². The number of hydrogen-bond donors (Lipinski definition) is 7. The van der Waals surface area contributed by atoms with E-state index in [2.05, 4.69) is 15.3 Å². The molecule has 2 aromatic rings. The Bertz CT molecular complexity index is 980. The van der Waals surface area contributed by atoms with Gasteiger partial charge in [0.2, 0.25) is 23.2 Å². The van der Waals surface area contributed by atoms with E-state index in [0.29, 0.717) is 0 Å². The first-order chi connectivity index (χ1) is 13.5. The van der Waals surface area contributed by atoms with Crippen molar-refractivity contribution in [3.8, 4) is 0 Å². The molecule has 29 heavy (non-hydrogen) atoms. The zero-order valence-corrected chi connectivity index (χ0v) is 15.5. The van der Waals surface area contributed by atoms with Crippen LogP contribution in [0.3, 0.4) is 0 Å². The first-order valence-electron chi connectivity index (χ1n) is 8.86. The fourth-order valence-corrected chi connectivity index (χ4v) is 3.86. The van der Waals surface area contributed by atoms with Crippen LogP contribution < -0.4 is 9.88 Å². The highest BCUT2D eigenvalue weighted by molar-refractivity contribution is 5.88. The van der Waals surface area contributed by atoms with Gasteiger partial charge >= 0.3 is 5.97 Å². The zero-order valence-electron chi connectivity index (χ0n) is 15.5. The van der Waals surface area contributed by atoms with Gasteiger partial charge in [-0.2, -0.15) is 0 Å². The van der Waals surface area contributed by atoms with Crippen LogP contribution in [0.15, 0.2) is 12.7 Å². The van der Waals surface area contributed by atoms with E-state index in [4.69, 9.17) is 4.74 Å². The van der Waals surface area contributed by atoms with Crippen molar-refractivity contribution in [1.82, 2.24) is 14.5 Å². The highest BCUT2D eigenvalue weighted by Gasteiger charge is 2.60. The minimum Gasteiger partial charge on any atom is -0.478 e. The third-order valence-corrected chi connectivity index (χ3v) is 5.69. The number of aliphatic hydroxyl groups excluding tert-OH is 4. The Hall–Kier alpha value is -2.42. The minimum atomic E-state index is -2.01. The molecule has 0 amide bonds. The van der Waals surface area contributed by atoms with Crippen LogP contribution in [-0.4, -0.2) is 87.7 Å². The Morgan fingerprint density at radius 3 is 2.59 bits per heavy atom. The summed E-state index contributed by atoms with van der Waals surface area (Å²) in [6.07, 6.45) is -4.03. The number of carboxylic acid groups (broad SMARTS) is 1. The number of aliphatic carboxylic acids is 1. The van der Waals surface area contributed by atoms with Gasteiger partial charge < -0.3 is 35.4 Å². The Labute approximate surface area is 163 Å². The Morgan fingerprint density at radius 2 is 2.00 bits per heavy atom. The molecule has 13 heteroatoms. The van der Waals surface area contributed by atoms with Crippen LogP contribution in [0, 0.1) is 0 Å². The van der Waals surface area contributed by atoms with Crippen molar-refractivity contribution >= 4 is 23.0 Å². The van der Waals surface area contributed by atoms with Gasteiger partial charge in [0.1, 0.15) is 24.6 Å². The molecule has 0 radical (unpaired) electrons. The molecule has 7 atom stereocenters. The number of imidazole rings is 1. The third-order valence-electron chi connectivity index (χ3n) is 5.69. The monoisotopic (exact) mass is 412 g/mol. The standard InChI is InChI=1S/C16H21N5O8/c1-15(14(26)27)13(25)16(2,28)21-5-18-10-7(11(21)19-15)17-4-20(10)12-9(24)8(23)6(3-22)29-12/h4-6,8-9,12-13,22-25,28H,3H2,1-2H3,(H,26,27)/p+1/t6-,8-,9-,12-,13+,15+,16-/m1/s1. The highest BCUT2D eigenvalue weighted by Crippen LogP contribution is 2.36. The summed E-state index contributed by atoms with van der Waals surface area (Å²) in [5.74, 6) is -1.30. The number of nitrogens with zero attached hydrogens (tertiary/aromatic N) is 4. The van der Waals surface area contributed by atoms with E-state index < -0.39 is 54.5 Å². The molecule has 158 valence electrons. The van der Waals surface area contributed by atoms with Crippen molar-refractivity contribution in [2.45, 2.75) is 55.8 Å². The number of ether oxygens (including phenoxy) is 1. The third kappa shape index (κ3) is 2.56. The lowest BCUT2D eigenvalue weighted by Crippen LogP contribution is -2.75. The SMILES string of the molecule is C[C@]1(C(=O)O)Nc2c3ncn([C@@H]4O[C@H](CO)[C@@H](O)[C@H]4O)c3nc[n+]2[C@](C)(O)[C@H]1O. The average Bonchev–Trinajstić information content (AvgIpc) is 3.21. The lowest BCUT2D eigenvalue weighted by molar-refractivity contribution is -0.807. The summed E-state index contributed by atoms with van der Waals surface area (Å²) in [4.78, 5) is 20.2. The lowest BCUT2D eigenvalue weighted by Gasteiger charge is -2.41. The van der Waals surface area contributed by atoms with Gasteiger partial charge in [-0.1, -0.05) is 4.98 Å². The largest absolute Gasteiger partial charge is 0.478 e. The van der Waals surface area contributed by atoms with Gasteiger partial charge in [-0.05, 0) is 6.92 Å². The zero-order chi connectivity index (χ0) is 21.3. The molecule has 13 nitrogen and oxygen atoms in total. The number of fused-ring (bicyclic) bond motifs is 3. The maximum atomic E-state index is 11.8. The van der Waals surface area contributed by atoms with Crippen LogP contribution >= 0.6 is 0 Å². The molecule has 2 aliphatic heterocycles. The number of anilines is 1. The molecule has 2 aromatic heterocycles. The van der Waals surface area contributed by atoms with Crippen molar-refractivity contribution in [1.29, 1.82) is 0 Å². The molecule has 1 fully saturated rings. The van der Waals surface area contributed by atoms with Gasteiger partial charge in [-0.25, -0.2) is 14.3 Å². The number of carbonyl (C=O) groups is 1. The maximum Gasteiger partial charge on any atom is 0.346 e. The Balaban J connectivity index is 1.86. The molecule has 0 saturated carbocycles. The molecule has 0 unspecified atom stereocenters. The van der Waals surface area contributed by atoms with E-state index in [0.717, 1.165) is 0 Å². The summed E-state index contributed by atoms with van der Waals surface area (Å²) < 4.78 is 7.99. The van der Waals surface area contributed by atoms with E-state index in [1.54, 1.807) is 0 Å². The van der Waals surface area contributed by atoms with Gasteiger partial charge in [0.15, 0.2) is 17.8 Å². The normalized spacial score (nSPS) is 39.3. The van der Waals surface area contributed by atoms with Crippen molar-refractivity contribution < 1.29 is 44.7 Å². The number of rotatable bonds is 3. The number of carboxylic acids is 1. The van der Waals surface area contributed by atoms with Crippen LogP contribution in [0.5, 0.6) is 0 Å². The van der Waals surface area contributed by atoms with Gasteiger partial charge in [-0.15, -0.1) is 0 Å². The summed E-state index contributed by atoms with van der Waals surface area (Å²) in [5, 5.41) is 63.1. The van der Waals surface area contributed by atoms with E-state index >= 15 is 0 Å². The minimum absolute atomic E-state index is 0.0840. The quantitative estimate of drug-likeness (QED) is 0.249. The van der Waals surface area contributed by atoms with Crippen LogP contribution in [0.1, 0.15) is 20.1 Å². The molecular weight excluding hydrogens is 390 g/mol. The summed E-state index contributed by atoms with van der Waals surface area (Å²) in [5.41, 5.74) is -3.63. The number of aromatic nitrogens is 4. The van der Waals surface area contributed by atoms with Gasteiger partial charge in [0.25, 0.3) is 5.82 Å². The van der Waals surface area contributed by atoms with Gasteiger partial charge in [0.05, 0.1) is 6.61 Å². The van der Waals surface area contributed by atoms with E-state index in [1.165, 1.54) is 35.6 Å². The topological polar surface area (TPSA) is 194 Å². The molecular formula is C16H22N5O8+. The molecule has 0 aromatic carbocycles. The highest BCUT2D eigenvalue weighted by atomic mass is 16.6. The molecule has 4 rings (SSSR count). The molecule has 2 aliphatic rings. The fraction of sp³-hybridized carbons (Fsp3) is 0.625. The predicted molar refractivity (Wildman–Crippen MR) is 92.3 cm³/mol. The molecule has 0 spiro atoms. The summed E-state index contributed by atoms with van der Waals surface area (Å²) >= 11 is 0. The van der Waals surface area contributed by atoms with E-state index in [9.17, 15) is 35.4 Å². The van der Waals surface area contributed by atoms with Crippen molar-refractivity contribution in [3.63, 3.8) is 0 Å². The lowest BCUT2D eigenvalue weighted by atomic mass is 9.85. The molecule has 4 heterocycles. The van der Waals surface area contributed by atoms with Crippen molar-refractivity contribution in [2.75, 3.05) is 11.9 Å². The number of nitrogens with one attached hydrogen (secondary N) is 1. The number of hydrogen-bond acceptors (Lipinski definition) is 10. The second-order valence-corrected chi connectivity index (χ2v) is 7.65. The van der Waals surface area contributed by atoms with Crippen LogP contribution in [0.2, 0.25) is 0 Å². The Morgan fingerprint density at radius 1 is 1.31 bits per heavy atom. The molecule has 1 saturated heterocycles. The van der Waals surface area contributed by atoms with Gasteiger partial charge in [0, 0.05) is 6.92 Å². The van der Waals surface area contributed by atoms with Crippen LogP contribution in [0.25, 0.3) is 11.2 Å². The fourth-order valence-electron chi connectivity index (χ4n) is 3.86. The molecule has 7 N–H and O–H groups in total. The summed E-state index contributed by atoms with van der Waals surface area (Å²) in [6, 6.07) is 0. The second kappa shape index (κ2) is 6.29. The second-order valence-electron chi connectivity index (χ2n) is 7.65. The Kier molecular flexibility index (Phi) is 4.31. The maximum absolute atomic E-state index is 11.8. The predicted octanol–water partition coefficient (Wildman–Crippen LogP) is -3.37.